The SMILES string of the molecule is C=C/C=C/C=C/C=C/C=C/C=C/C=C/C=C/C=C/C=C/CF. The summed E-state index contributed by atoms with van der Waals surface area (Å²) < 4.78 is 11.7. The number of allylic oxidation sites excluding steroid dienone is 19. The van der Waals surface area contributed by atoms with Crippen LogP contribution in [0.15, 0.2) is 122 Å². The number of halogens is 1. The molecule has 0 saturated carbocycles. The highest BCUT2D eigenvalue weighted by Crippen LogP contribution is 1.86. The molecule has 0 radical (unpaired) electrons. The molecular weight excluding hydrogens is 271 g/mol. The van der Waals surface area contributed by atoms with Crippen LogP contribution in [0, 0.1) is 0 Å². The third-order valence-corrected chi connectivity index (χ3v) is 2.14. The fraction of sp³-hybridized carbons (Fsp3) is 0.0476. The lowest BCUT2D eigenvalue weighted by Gasteiger charge is -1.75. The first-order chi connectivity index (χ1) is 10.9. The fourth-order valence-corrected chi connectivity index (χ4v) is 1.17. The van der Waals surface area contributed by atoms with Gasteiger partial charge in [0.05, 0.1) is 0 Å². The van der Waals surface area contributed by atoms with Gasteiger partial charge in [-0.25, -0.2) is 4.39 Å². The minimum absolute atomic E-state index is 0.426. The summed E-state index contributed by atoms with van der Waals surface area (Å²) >= 11 is 0. The third-order valence-electron chi connectivity index (χ3n) is 2.14. The molecule has 0 atom stereocenters. The van der Waals surface area contributed by atoms with Gasteiger partial charge < -0.3 is 0 Å². The van der Waals surface area contributed by atoms with Gasteiger partial charge in [-0.2, -0.15) is 0 Å². The van der Waals surface area contributed by atoms with Gasteiger partial charge >= 0.3 is 0 Å². The van der Waals surface area contributed by atoms with E-state index in [4.69, 9.17) is 0 Å². The zero-order valence-electron chi connectivity index (χ0n) is 12.8. The van der Waals surface area contributed by atoms with E-state index in [1.165, 1.54) is 6.08 Å². The van der Waals surface area contributed by atoms with Crippen LogP contribution in [0.4, 0.5) is 4.39 Å². The Hall–Kier alpha value is -2.67. The van der Waals surface area contributed by atoms with E-state index in [1.54, 1.807) is 18.2 Å². The lowest BCUT2D eigenvalue weighted by molar-refractivity contribution is 0.562. The van der Waals surface area contributed by atoms with Crippen LogP contribution in [0.5, 0.6) is 0 Å². The lowest BCUT2D eigenvalue weighted by atomic mass is 10.3. The van der Waals surface area contributed by atoms with Crippen LogP contribution in [0.25, 0.3) is 0 Å². The Morgan fingerprint density at radius 1 is 0.455 bits per heavy atom. The zero-order chi connectivity index (χ0) is 16.1. The van der Waals surface area contributed by atoms with Crippen LogP contribution < -0.4 is 0 Å². The standard InChI is InChI=1S/C21H23F/c1-2-3-4-5-6-7-8-9-10-11-12-13-14-15-16-17-18-19-20-21-22/h2-20H,1,21H2/b4-3+,6-5+,8-7+,10-9+,12-11+,14-13+,16-15+,18-17+,20-19+. The molecule has 0 saturated heterocycles. The molecule has 0 bridgehead atoms. The Morgan fingerprint density at radius 3 is 1.00 bits per heavy atom. The van der Waals surface area contributed by atoms with Crippen molar-refractivity contribution in [2.45, 2.75) is 0 Å². The summed E-state index contributed by atoms with van der Waals surface area (Å²) in [5, 5.41) is 0. The summed E-state index contributed by atoms with van der Waals surface area (Å²) in [4.78, 5) is 0. The van der Waals surface area contributed by atoms with E-state index < -0.39 is 6.67 Å². The highest BCUT2D eigenvalue weighted by Gasteiger charge is 1.66. The second kappa shape index (κ2) is 18.3. The van der Waals surface area contributed by atoms with Crippen LogP contribution >= 0.6 is 0 Å². The van der Waals surface area contributed by atoms with Gasteiger partial charge in [0.25, 0.3) is 0 Å². The molecule has 0 aromatic carbocycles. The van der Waals surface area contributed by atoms with Gasteiger partial charge in [-0.05, 0) is 0 Å². The normalized spacial score (nSPS) is 14.2. The topological polar surface area (TPSA) is 0 Å². The quantitative estimate of drug-likeness (QED) is 0.424. The molecule has 0 aromatic rings. The van der Waals surface area contributed by atoms with Crippen LogP contribution in [-0.2, 0) is 0 Å². The monoisotopic (exact) mass is 294 g/mol. The average Bonchev–Trinajstić information content (AvgIpc) is 2.54. The largest absolute Gasteiger partial charge is 0.247 e. The number of alkyl halides is 1. The Bertz CT molecular complexity index is 518. The van der Waals surface area contributed by atoms with E-state index in [1.807, 2.05) is 91.1 Å². The molecule has 0 aliphatic rings. The van der Waals surface area contributed by atoms with Gasteiger partial charge in [-0.15, -0.1) is 0 Å². The molecule has 0 rings (SSSR count). The highest BCUT2D eigenvalue weighted by atomic mass is 19.1. The first-order valence-corrected chi connectivity index (χ1v) is 7.08. The molecule has 0 N–H and O–H groups in total. The summed E-state index contributed by atoms with van der Waals surface area (Å²) in [6.07, 6.45) is 35.6. The molecule has 0 heterocycles. The third kappa shape index (κ3) is 17.3. The molecule has 0 aromatic heterocycles. The number of hydrogen-bond donors (Lipinski definition) is 0. The van der Waals surface area contributed by atoms with Gasteiger partial charge in [0.15, 0.2) is 0 Å². The van der Waals surface area contributed by atoms with Crippen molar-refractivity contribution in [2.75, 3.05) is 6.67 Å². The van der Waals surface area contributed by atoms with Gasteiger partial charge in [-0.3, -0.25) is 0 Å². The van der Waals surface area contributed by atoms with Crippen molar-refractivity contribution in [3.63, 3.8) is 0 Å². The summed E-state index contributed by atoms with van der Waals surface area (Å²) in [6, 6.07) is 0. The maximum atomic E-state index is 11.7. The molecule has 114 valence electrons. The second-order valence-corrected chi connectivity index (χ2v) is 3.90. The van der Waals surface area contributed by atoms with E-state index in [2.05, 4.69) is 6.58 Å². The van der Waals surface area contributed by atoms with Crippen LogP contribution in [0.1, 0.15) is 0 Å². The van der Waals surface area contributed by atoms with Gasteiger partial charge in [-0.1, -0.05) is 122 Å². The first kappa shape index (κ1) is 19.3. The lowest BCUT2D eigenvalue weighted by Crippen LogP contribution is -1.57. The van der Waals surface area contributed by atoms with E-state index >= 15 is 0 Å². The van der Waals surface area contributed by atoms with Crippen LogP contribution in [-0.4, -0.2) is 6.67 Å². The molecule has 0 nitrogen and oxygen atoms in total. The Labute approximate surface area is 133 Å². The molecule has 22 heavy (non-hydrogen) atoms. The van der Waals surface area contributed by atoms with E-state index in [9.17, 15) is 4.39 Å². The second-order valence-electron chi connectivity index (χ2n) is 3.90. The predicted molar refractivity (Wildman–Crippen MR) is 98.4 cm³/mol. The number of hydrogen-bond acceptors (Lipinski definition) is 0. The fourth-order valence-electron chi connectivity index (χ4n) is 1.17. The van der Waals surface area contributed by atoms with E-state index in [0.29, 0.717) is 0 Å². The molecule has 0 fully saturated rings. The van der Waals surface area contributed by atoms with Crippen LogP contribution in [0.3, 0.4) is 0 Å². The smallest absolute Gasteiger partial charge is 0.108 e. The summed E-state index contributed by atoms with van der Waals surface area (Å²) in [7, 11) is 0. The number of rotatable bonds is 10. The maximum Gasteiger partial charge on any atom is 0.108 e. The molecule has 1 heteroatoms. The van der Waals surface area contributed by atoms with Gasteiger partial charge in [0.2, 0.25) is 0 Å². The minimum atomic E-state index is -0.426. The van der Waals surface area contributed by atoms with Crippen molar-refractivity contribution in [3.05, 3.63) is 122 Å². The molecule has 0 spiro atoms. The Kier molecular flexibility index (Phi) is 16.1. The molecule has 0 aliphatic heterocycles. The maximum absolute atomic E-state index is 11.7. The zero-order valence-corrected chi connectivity index (χ0v) is 12.8. The molecular formula is C21H23F. The van der Waals surface area contributed by atoms with Crippen molar-refractivity contribution in [1.29, 1.82) is 0 Å². The molecule has 0 unspecified atom stereocenters. The van der Waals surface area contributed by atoms with E-state index in [0.717, 1.165) is 0 Å². The van der Waals surface area contributed by atoms with Crippen molar-refractivity contribution >= 4 is 0 Å². The summed E-state index contributed by atoms with van der Waals surface area (Å²) in [6.45, 7) is 3.16. The first-order valence-electron chi connectivity index (χ1n) is 7.08. The van der Waals surface area contributed by atoms with E-state index in [-0.39, 0.29) is 0 Å². The molecule has 0 amide bonds. The highest BCUT2D eigenvalue weighted by molar-refractivity contribution is 5.22. The van der Waals surface area contributed by atoms with Gasteiger partial charge in [0.1, 0.15) is 6.67 Å². The molecule has 0 aliphatic carbocycles. The van der Waals surface area contributed by atoms with Crippen LogP contribution in [0.2, 0.25) is 0 Å². The van der Waals surface area contributed by atoms with Crippen molar-refractivity contribution in [3.8, 4) is 0 Å². The Morgan fingerprint density at radius 2 is 0.727 bits per heavy atom. The summed E-state index contributed by atoms with van der Waals surface area (Å²) in [5.41, 5.74) is 0. The van der Waals surface area contributed by atoms with Crippen molar-refractivity contribution < 1.29 is 4.39 Å². The minimum Gasteiger partial charge on any atom is -0.247 e. The Balaban J connectivity index is 3.87. The summed E-state index contributed by atoms with van der Waals surface area (Å²) in [5.74, 6) is 0. The van der Waals surface area contributed by atoms with Gasteiger partial charge in [0, 0.05) is 0 Å². The predicted octanol–water partition coefficient (Wildman–Crippen LogP) is 6.15. The average molecular weight is 294 g/mol. The van der Waals surface area contributed by atoms with Crippen molar-refractivity contribution in [1.82, 2.24) is 0 Å². The van der Waals surface area contributed by atoms with Crippen molar-refractivity contribution in [2.24, 2.45) is 0 Å².